The van der Waals surface area contributed by atoms with Crippen LogP contribution in [0.15, 0.2) is 113 Å². The van der Waals surface area contributed by atoms with E-state index in [9.17, 15) is 0 Å². The Hall–Kier alpha value is -4.65. The fourth-order valence-corrected chi connectivity index (χ4v) is 14.2. The van der Waals surface area contributed by atoms with Crippen LogP contribution in [0, 0.1) is 0 Å². The summed E-state index contributed by atoms with van der Waals surface area (Å²) in [6, 6.07) is 30.2. The van der Waals surface area contributed by atoms with E-state index in [-0.39, 0.29) is 15.6 Å². The lowest BCUT2D eigenvalue weighted by molar-refractivity contribution is -0.462. The predicted octanol–water partition coefficient (Wildman–Crippen LogP) is 13.8. The number of hydrogen-bond acceptors (Lipinski definition) is 5. The molecule has 8 rings (SSSR count). The van der Waals surface area contributed by atoms with Gasteiger partial charge in [-0.2, -0.15) is 0 Å². The lowest BCUT2D eigenvalue weighted by Crippen LogP contribution is -2.49. The van der Waals surface area contributed by atoms with E-state index in [4.69, 9.17) is 18.6 Å². The van der Waals surface area contributed by atoms with Gasteiger partial charge in [-0.05, 0) is 169 Å². The fraction of sp³-hybridized carbons (Fsp3) is 0.414. The molecule has 0 amide bonds. The van der Waals surface area contributed by atoms with E-state index in [1.54, 1.807) is 0 Å². The van der Waals surface area contributed by atoms with Crippen molar-refractivity contribution in [2.45, 2.75) is 124 Å². The number of anilines is 1. The van der Waals surface area contributed by atoms with Crippen molar-refractivity contribution in [1.82, 2.24) is 0 Å². The van der Waals surface area contributed by atoms with Crippen molar-refractivity contribution in [3.8, 4) is 11.1 Å². The van der Waals surface area contributed by atoms with Gasteiger partial charge in [0.15, 0.2) is 22.3 Å². The number of fused-ring (bicyclic) bond motifs is 4. The third kappa shape index (κ3) is 9.07. The molecule has 67 heavy (non-hydrogen) atoms. The van der Waals surface area contributed by atoms with Gasteiger partial charge in [-0.3, -0.25) is 0 Å². The van der Waals surface area contributed by atoms with Gasteiger partial charge in [-0.25, -0.2) is 9.57 Å². The largest absolute Gasteiger partial charge is 0.475 e. The van der Waals surface area contributed by atoms with Crippen molar-refractivity contribution in [1.29, 1.82) is 0 Å². The average molecular weight is 948 g/mol. The molecule has 0 saturated heterocycles. The molecule has 0 aromatic heterocycles. The van der Waals surface area contributed by atoms with Crippen LogP contribution in [0.4, 0.5) is 5.69 Å². The Kier molecular flexibility index (Phi) is 12.4. The summed E-state index contributed by atoms with van der Waals surface area (Å²) in [5, 5.41) is 7.99. The van der Waals surface area contributed by atoms with Crippen LogP contribution in [0.25, 0.3) is 38.2 Å². The van der Waals surface area contributed by atoms with Crippen molar-refractivity contribution in [2.75, 3.05) is 39.7 Å². The quantitative estimate of drug-likeness (QED) is 0.0795. The summed E-state index contributed by atoms with van der Waals surface area (Å²) in [6.45, 7) is 34.3. The zero-order chi connectivity index (χ0) is 48.8. The number of allylic oxidation sites excluding steroid dienone is 5. The van der Waals surface area contributed by atoms with Crippen LogP contribution < -0.4 is 10.1 Å². The maximum absolute atomic E-state index is 7.15. The summed E-state index contributed by atoms with van der Waals surface area (Å²) in [6.07, 6.45) is 7.12. The maximum Gasteiger partial charge on any atom is 0.216 e. The smallest absolute Gasteiger partial charge is 0.216 e. The Balaban J connectivity index is 1.41. The Morgan fingerprint density at radius 2 is 1.27 bits per heavy atom. The van der Waals surface area contributed by atoms with Gasteiger partial charge in [0.2, 0.25) is 5.90 Å². The second-order valence-electron chi connectivity index (χ2n) is 23.9. The second-order valence-corrected chi connectivity index (χ2v) is 37.9. The van der Waals surface area contributed by atoms with Gasteiger partial charge < -0.3 is 18.5 Å². The van der Waals surface area contributed by atoms with Crippen molar-refractivity contribution in [3.63, 3.8) is 0 Å². The molecule has 6 nitrogen and oxygen atoms in total. The Labute approximate surface area is 405 Å². The molecule has 0 radical (unpaired) electrons. The fourth-order valence-electron chi connectivity index (χ4n) is 9.27. The maximum atomic E-state index is 7.15. The minimum absolute atomic E-state index is 0.0743. The molecule has 2 aliphatic heterocycles. The van der Waals surface area contributed by atoms with Gasteiger partial charge in [-0.15, -0.1) is 0 Å². The van der Waals surface area contributed by atoms with Crippen LogP contribution in [0.1, 0.15) is 83.2 Å². The lowest BCUT2D eigenvalue weighted by atomic mass is 9.86. The summed E-state index contributed by atoms with van der Waals surface area (Å²) >= 11 is 0. The van der Waals surface area contributed by atoms with Gasteiger partial charge in [0.25, 0.3) is 0 Å². The highest BCUT2D eigenvalue weighted by Crippen LogP contribution is 2.46. The first kappa shape index (κ1) is 48.8. The van der Waals surface area contributed by atoms with Crippen LogP contribution in [0.3, 0.4) is 0 Å². The number of hydrogen-bond donors (Lipinski definition) is 0. The topological polar surface area (TPSA) is 46.3 Å². The first-order valence-electron chi connectivity index (χ1n) is 24.2. The molecule has 0 fully saturated rings. The molecule has 352 valence electrons. The standard InChI is InChI=1S/C58H76N3O3Si3/c1-56(2,3)66(15,16)63-35-50-44-21-19-20-22-45(44)51(36-64-67(17,18)57(4,5)6)49-32-38(23-26-46(49)50)39-29-40(31-41(30-39)55-59-58(7,8)37-62-55)54-47-27-24-42(60(9)10)33-52(47)65(13,14)53-34-43(61(11)12)25-28-48(53)54/h19-34H,35-37H2,1-18H3/q+1. The third-order valence-electron chi connectivity index (χ3n) is 15.7. The molecular weight excluding hydrogens is 871 g/mol. The Morgan fingerprint density at radius 1 is 0.701 bits per heavy atom. The monoisotopic (exact) mass is 947 g/mol. The molecule has 0 unspecified atom stereocenters. The number of benzene rings is 5. The van der Waals surface area contributed by atoms with E-state index in [1.165, 1.54) is 71.2 Å². The summed E-state index contributed by atoms with van der Waals surface area (Å²) in [5.74, 6) is 0.700. The summed E-state index contributed by atoms with van der Waals surface area (Å²) < 4.78 is 22.9. The average Bonchev–Trinajstić information content (AvgIpc) is 3.62. The molecule has 0 spiro atoms. The molecule has 5 aromatic rings. The molecule has 9 heteroatoms. The molecule has 5 aromatic carbocycles. The second kappa shape index (κ2) is 17.1. The molecule has 2 heterocycles. The first-order valence-corrected chi connectivity index (χ1v) is 33.1. The van der Waals surface area contributed by atoms with E-state index < -0.39 is 24.7 Å². The summed E-state index contributed by atoms with van der Waals surface area (Å²) in [5.41, 5.74) is 12.9. The molecule has 0 atom stereocenters. The minimum atomic E-state index is -2.16. The van der Waals surface area contributed by atoms with Crippen LogP contribution in [0.2, 0.25) is 49.4 Å². The van der Waals surface area contributed by atoms with E-state index >= 15 is 0 Å². The Morgan fingerprint density at radius 3 is 1.82 bits per heavy atom. The SMILES string of the molecule is CN(C)c1ccc2c(c1)[Si](C)(C)C1=CC(=[N+](C)C)C=CC1=C2c1cc(C2=NC(C)(C)CO2)cc(-c2ccc3c(CO[Si](C)(C)C(C)(C)C)c4ccccc4c(CO[Si](C)(C)C(C)(C)C)c3c2)c1. The highest BCUT2D eigenvalue weighted by atomic mass is 28.4. The molecular formula is C58H76N3O3Si3+. The van der Waals surface area contributed by atoms with Gasteiger partial charge in [0.05, 0.1) is 18.8 Å². The zero-order valence-electron chi connectivity index (χ0n) is 43.9. The minimum Gasteiger partial charge on any atom is -0.475 e. The van der Waals surface area contributed by atoms with Crippen LogP contribution >= 0.6 is 0 Å². The molecule has 0 saturated carbocycles. The van der Waals surface area contributed by atoms with Gasteiger partial charge in [0.1, 0.15) is 28.8 Å². The number of aliphatic imine (C=N–C) groups is 1. The van der Waals surface area contributed by atoms with Crippen LogP contribution in [-0.4, -0.2) is 81.2 Å². The summed E-state index contributed by atoms with van der Waals surface area (Å²) in [7, 11) is 2.21. The molecule has 3 aliphatic rings. The van der Waals surface area contributed by atoms with E-state index in [0.29, 0.717) is 25.7 Å². The highest BCUT2D eigenvalue weighted by molar-refractivity contribution is 6.98. The van der Waals surface area contributed by atoms with Gasteiger partial charge >= 0.3 is 0 Å². The number of ether oxygens (including phenoxy) is 1. The summed E-state index contributed by atoms with van der Waals surface area (Å²) in [4.78, 5) is 7.41. The van der Waals surface area contributed by atoms with Gasteiger partial charge in [0, 0.05) is 37.5 Å². The van der Waals surface area contributed by atoms with E-state index in [0.717, 1.165) is 22.3 Å². The zero-order valence-corrected chi connectivity index (χ0v) is 46.9. The molecule has 0 N–H and O–H groups in total. The normalized spacial score (nSPS) is 17.1. The van der Waals surface area contributed by atoms with Crippen LogP contribution in [-0.2, 0) is 26.8 Å². The van der Waals surface area contributed by atoms with Crippen molar-refractivity contribution >= 4 is 74.3 Å². The van der Waals surface area contributed by atoms with E-state index in [2.05, 4.69) is 229 Å². The molecule has 1 aliphatic carbocycles. The Bertz CT molecular complexity index is 2980. The van der Waals surface area contributed by atoms with Gasteiger partial charge in [-0.1, -0.05) is 97.1 Å². The van der Waals surface area contributed by atoms with Crippen molar-refractivity contribution < 1.29 is 18.2 Å². The number of rotatable bonds is 10. The number of nitrogens with zero attached hydrogens (tertiary/aromatic N) is 3. The molecule has 0 bridgehead atoms. The lowest BCUT2D eigenvalue weighted by Gasteiger charge is -2.38. The van der Waals surface area contributed by atoms with Crippen molar-refractivity contribution in [2.24, 2.45) is 4.99 Å². The first-order chi connectivity index (χ1) is 31.1. The van der Waals surface area contributed by atoms with E-state index in [1.807, 2.05) is 0 Å². The van der Waals surface area contributed by atoms with Crippen LogP contribution in [0.5, 0.6) is 0 Å². The highest BCUT2D eigenvalue weighted by Gasteiger charge is 2.42. The third-order valence-corrected chi connectivity index (χ3v) is 28.2. The van der Waals surface area contributed by atoms with Crippen molar-refractivity contribution in [3.05, 3.63) is 136 Å². The predicted molar refractivity (Wildman–Crippen MR) is 296 cm³/mol.